The second kappa shape index (κ2) is 7.13. The van der Waals surface area contributed by atoms with Gasteiger partial charge in [0, 0.05) is 32.5 Å². The zero-order chi connectivity index (χ0) is 17.0. The Morgan fingerprint density at radius 2 is 2.05 bits per heavy atom. The van der Waals surface area contributed by atoms with Crippen molar-refractivity contribution in [3.8, 4) is 0 Å². The first kappa shape index (κ1) is 18.5. The minimum Gasteiger partial charge on any atom is -0.374 e. The summed E-state index contributed by atoms with van der Waals surface area (Å²) in [5, 5.41) is 10.2. The van der Waals surface area contributed by atoms with Crippen LogP contribution >= 0.6 is 0 Å². The number of aryl methyl sites for hydroxylation is 1. The van der Waals surface area contributed by atoms with E-state index in [1.54, 1.807) is 6.92 Å². The monoisotopic (exact) mass is 321 g/mol. The number of rotatable bonds is 7. The topological polar surface area (TPSA) is 58.4 Å². The molecule has 0 radical (unpaired) electrons. The van der Waals surface area contributed by atoms with E-state index in [1.807, 2.05) is 6.92 Å². The lowest BCUT2D eigenvalue weighted by Crippen LogP contribution is -2.48. The number of nitrogens with zero attached hydrogens (tertiary/aromatic N) is 3. The third-order valence-electron chi connectivity index (χ3n) is 3.58. The molecule has 1 heterocycles. The van der Waals surface area contributed by atoms with E-state index in [2.05, 4.69) is 4.98 Å². The fourth-order valence-electron chi connectivity index (χ4n) is 2.21. The molecule has 1 atom stereocenters. The lowest BCUT2D eigenvalue weighted by molar-refractivity contribution is -0.272. The van der Waals surface area contributed by atoms with E-state index in [1.165, 1.54) is 18.1 Å². The molecule has 0 aliphatic heterocycles. The van der Waals surface area contributed by atoms with Gasteiger partial charge in [-0.25, -0.2) is 4.98 Å². The van der Waals surface area contributed by atoms with E-state index in [9.17, 15) is 23.1 Å². The third-order valence-corrected chi connectivity index (χ3v) is 3.58. The molecule has 0 spiro atoms. The molecule has 22 heavy (non-hydrogen) atoms. The largest absolute Gasteiger partial charge is 0.425 e. The van der Waals surface area contributed by atoms with Crippen molar-refractivity contribution in [2.45, 2.75) is 44.9 Å². The van der Waals surface area contributed by atoms with Crippen molar-refractivity contribution in [1.29, 1.82) is 0 Å². The van der Waals surface area contributed by atoms with E-state index in [0.29, 0.717) is 19.5 Å². The van der Waals surface area contributed by atoms with Crippen LogP contribution in [0.4, 0.5) is 13.2 Å². The van der Waals surface area contributed by atoms with Crippen molar-refractivity contribution >= 4 is 5.91 Å². The molecule has 0 saturated carbocycles. The van der Waals surface area contributed by atoms with Crippen molar-refractivity contribution in [2.75, 3.05) is 13.1 Å². The summed E-state index contributed by atoms with van der Waals surface area (Å²) in [6.07, 6.45) is -2.08. The SMILES string of the molecule is CCCCN(CC)C(=O)CC(O)(c1nccn1C)C(F)(F)F. The Morgan fingerprint density at radius 3 is 2.45 bits per heavy atom. The maximum atomic E-state index is 13.4. The first-order valence-electron chi connectivity index (χ1n) is 7.22. The lowest BCUT2D eigenvalue weighted by atomic mass is 9.96. The standard InChI is InChI=1S/C14H22F3N3O2/c1-4-6-8-20(5-2)11(21)10-13(22,14(15,16)17)12-18-7-9-19(12)3/h7,9,22H,4-6,8,10H2,1-3H3. The molecule has 1 N–H and O–H groups in total. The average molecular weight is 321 g/mol. The van der Waals surface area contributed by atoms with Crippen molar-refractivity contribution in [3.05, 3.63) is 18.2 Å². The van der Waals surface area contributed by atoms with Gasteiger partial charge in [-0.05, 0) is 13.3 Å². The molecule has 0 aliphatic carbocycles. The molecular formula is C14H22F3N3O2. The van der Waals surface area contributed by atoms with Crippen molar-refractivity contribution in [3.63, 3.8) is 0 Å². The number of hydrogen-bond acceptors (Lipinski definition) is 3. The molecule has 1 aromatic heterocycles. The van der Waals surface area contributed by atoms with Gasteiger partial charge in [-0.3, -0.25) is 4.79 Å². The highest BCUT2D eigenvalue weighted by atomic mass is 19.4. The molecule has 126 valence electrons. The molecule has 0 aliphatic rings. The Hall–Kier alpha value is -1.57. The van der Waals surface area contributed by atoms with Gasteiger partial charge in [0.15, 0.2) is 5.82 Å². The van der Waals surface area contributed by atoms with Crippen LogP contribution in [0.5, 0.6) is 0 Å². The number of carbonyl (C=O) groups is 1. The zero-order valence-corrected chi connectivity index (χ0v) is 13.0. The van der Waals surface area contributed by atoms with E-state index in [0.717, 1.165) is 17.2 Å². The average Bonchev–Trinajstić information content (AvgIpc) is 2.85. The molecule has 5 nitrogen and oxygen atoms in total. The first-order chi connectivity index (χ1) is 10.2. The van der Waals surface area contributed by atoms with Gasteiger partial charge in [0.2, 0.25) is 11.5 Å². The molecule has 0 saturated heterocycles. The van der Waals surface area contributed by atoms with Crippen LogP contribution in [0.1, 0.15) is 38.9 Å². The number of imidazole rings is 1. The summed E-state index contributed by atoms with van der Waals surface area (Å²) in [5.41, 5.74) is -3.29. The lowest BCUT2D eigenvalue weighted by Gasteiger charge is -2.31. The van der Waals surface area contributed by atoms with Gasteiger partial charge in [-0.2, -0.15) is 13.2 Å². The fourth-order valence-corrected chi connectivity index (χ4v) is 2.21. The summed E-state index contributed by atoms with van der Waals surface area (Å²) in [6.45, 7) is 4.30. The van der Waals surface area contributed by atoms with Crippen LogP contribution in [0, 0.1) is 0 Å². The second-order valence-corrected chi connectivity index (χ2v) is 5.22. The number of alkyl halides is 3. The fraction of sp³-hybridized carbons (Fsp3) is 0.714. The van der Waals surface area contributed by atoms with Crippen molar-refractivity contribution in [2.24, 2.45) is 7.05 Å². The molecule has 8 heteroatoms. The summed E-state index contributed by atoms with van der Waals surface area (Å²) in [5.74, 6) is -1.32. The van der Waals surface area contributed by atoms with Gasteiger partial charge in [0.25, 0.3) is 0 Å². The molecule has 0 bridgehead atoms. The minimum atomic E-state index is -4.99. The van der Waals surface area contributed by atoms with Crippen LogP contribution in [0.15, 0.2) is 12.4 Å². The highest BCUT2D eigenvalue weighted by Gasteiger charge is 2.58. The highest BCUT2D eigenvalue weighted by molar-refractivity contribution is 5.77. The van der Waals surface area contributed by atoms with Crippen LogP contribution in [-0.2, 0) is 17.4 Å². The summed E-state index contributed by atoms with van der Waals surface area (Å²) in [4.78, 5) is 17.1. The third kappa shape index (κ3) is 3.79. The second-order valence-electron chi connectivity index (χ2n) is 5.22. The summed E-state index contributed by atoms with van der Waals surface area (Å²) < 4.78 is 41.1. The van der Waals surface area contributed by atoms with Gasteiger partial charge in [0.05, 0.1) is 6.42 Å². The van der Waals surface area contributed by atoms with E-state index >= 15 is 0 Å². The Bertz CT molecular complexity index is 502. The summed E-state index contributed by atoms with van der Waals surface area (Å²) in [6, 6.07) is 0. The van der Waals surface area contributed by atoms with Crippen molar-refractivity contribution < 1.29 is 23.1 Å². The zero-order valence-electron chi connectivity index (χ0n) is 13.0. The maximum Gasteiger partial charge on any atom is 0.425 e. The smallest absolute Gasteiger partial charge is 0.374 e. The van der Waals surface area contributed by atoms with E-state index in [-0.39, 0.29) is 0 Å². The van der Waals surface area contributed by atoms with Gasteiger partial charge in [0.1, 0.15) is 0 Å². The minimum absolute atomic E-state index is 0.299. The van der Waals surface area contributed by atoms with E-state index in [4.69, 9.17) is 0 Å². The Balaban J connectivity index is 3.05. The number of carbonyl (C=O) groups excluding carboxylic acids is 1. The Morgan fingerprint density at radius 1 is 1.41 bits per heavy atom. The number of aromatic nitrogens is 2. The normalized spacial score (nSPS) is 14.7. The number of amides is 1. The molecular weight excluding hydrogens is 299 g/mol. The van der Waals surface area contributed by atoms with E-state index < -0.39 is 29.9 Å². The van der Waals surface area contributed by atoms with Gasteiger partial charge < -0.3 is 14.6 Å². The quantitative estimate of drug-likeness (QED) is 0.838. The first-order valence-corrected chi connectivity index (χ1v) is 7.22. The van der Waals surface area contributed by atoms with Gasteiger partial charge in [-0.15, -0.1) is 0 Å². The number of halogens is 3. The molecule has 1 amide bonds. The number of aliphatic hydroxyl groups is 1. The molecule has 1 aromatic rings. The van der Waals surface area contributed by atoms with Gasteiger partial charge >= 0.3 is 6.18 Å². The predicted octanol–water partition coefficient (Wildman–Crippen LogP) is 2.21. The molecule has 0 aromatic carbocycles. The van der Waals surface area contributed by atoms with Crippen LogP contribution in [-0.4, -0.2) is 44.7 Å². The van der Waals surface area contributed by atoms with Crippen LogP contribution < -0.4 is 0 Å². The maximum absolute atomic E-state index is 13.4. The number of unbranched alkanes of at least 4 members (excludes halogenated alkanes) is 1. The molecule has 1 rings (SSSR count). The van der Waals surface area contributed by atoms with Crippen molar-refractivity contribution in [1.82, 2.24) is 14.5 Å². The van der Waals surface area contributed by atoms with Crippen LogP contribution in [0.2, 0.25) is 0 Å². The van der Waals surface area contributed by atoms with Gasteiger partial charge in [-0.1, -0.05) is 13.3 Å². The summed E-state index contributed by atoms with van der Waals surface area (Å²) >= 11 is 0. The summed E-state index contributed by atoms with van der Waals surface area (Å²) in [7, 11) is 1.35. The van der Waals surface area contributed by atoms with Crippen LogP contribution in [0.25, 0.3) is 0 Å². The van der Waals surface area contributed by atoms with Crippen LogP contribution in [0.3, 0.4) is 0 Å². The Labute approximate surface area is 127 Å². The molecule has 0 fully saturated rings. The highest BCUT2D eigenvalue weighted by Crippen LogP contribution is 2.41. The number of hydrogen-bond donors (Lipinski definition) is 1. The predicted molar refractivity (Wildman–Crippen MR) is 74.9 cm³/mol. The molecule has 1 unspecified atom stereocenters. The Kier molecular flexibility index (Phi) is 5.99.